The van der Waals surface area contributed by atoms with Gasteiger partial charge in [0.1, 0.15) is 0 Å². The van der Waals surface area contributed by atoms with Crippen LogP contribution in [0.3, 0.4) is 0 Å². The van der Waals surface area contributed by atoms with Crippen LogP contribution in [0.1, 0.15) is 141 Å². The fraction of sp³-hybridized carbons (Fsp3) is 0.442. The van der Waals surface area contributed by atoms with Crippen LogP contribution in [0.15, 0.2) is 99.0 Å². The zero-order valence-electron chi connectivity index (χ0n) is 37.6. The van der Waals surface area contributed by atoms with Gasteiger partial charge in [-0.3, -0.25) is 0 Å². The fourth-order valence-electron chi connectivity index (χ4n) is 8.95. The number of allylic oxidation sites excluding steroid dienone is 4. The van der Waals surface area contributed by atoms with Gasteiger partial charge in [-0.1, -0.05) is 0 Å². The van der Waals surface area contributed by atoms with E-state index in [0.717, 1.165) is 6.42 Å². The van der Waals surface area contributed by atoms with E-state index < -0.39 is 29.3 Å². The molecule has 0 saturated carbocycles. The van der Waals surface area contributed by atoms with Crippen LogP contribution in [0.4, 0.5) is 0 Å². The van der Waals surface area contributed by atoms with Crippen molar-refractivity contribution in [1.29, 1.82) is 0 Å². The molecule has 56 heavy (non-hydrogen) atoms. The first kappa shape index (κ1) is 46.6. The van der Waals surface area contributed by atoms with Crippen LogP contribution in [0.2, 0.25) is 19.6 Å². The average molecular weight is 883 g/mol. The monoisotopic (exact) mass is 880 g/mol. The van der Waals surface area contributed by atoms with Gasteiger partial charge in [0.25, 0.3) is 0 Å². The van der Waals surface area contributed by atoms with Gasteiger partial charge < -0.3 is 24.8 Å². The molecule has 2 aliphatic rings. The van der Waals surface area contributed by atoms with E-state index in [1.54, 1.807) is 31.7 Å². The molecule has 4 aromatic rings. The van der Waals surface area contributed by atoms with E-state index in [2.05, 4.69) is 202 Å². The Balaban J connectivity index is 0.00000348. The van der Waals surface area contributed by atoms with Crippen molar-refractivity contribution in [2.75, 3.05) is 0 Å². The van der Waals surface area contributed by atoms with E-state index in [9.17, 15) is 0 Å². The number of benzene rings is 4. The molecule has 4 aromatic carbocycles. The van der Waals surface area contributed by atoms with E-state index in [1.807, 2.05) is 0 Å². The van der Waals surface area contributed by atoms with Crippen LogP contribution in [0.25, 0.3) is 11.1 Å². The number of hydrogen-bond donors (Lipinski definition) is 0. The first-order valence-corrected chi connectivity index (χ1v) is 27.7. The molecule has 0 heterocycles. The Bertz CT molecular complexity index is 2140. The SMILES string of the molecule is CC1=[C]([Zr+2](=[C](c2ccc(C(C)(C)C)cc2)c2ccc(C(C)(C)C)cc2)[c]2c(C(C)(C)C)ccc3c2Cc2cc(C(C)(C)C)ccc2-3)C(C)C=C1[Si](C)(C)C.[Cl-].[Cl-]. The minimum Gasteiger partial charge on any atom is -1.00 e. The minimum absolute atomic E-state index is 0. The zero-order chi connectivity index (χ0) is 39.9. The van der Waals surface area contributed by atoms with Crippen LogP contribution >= 0.6 is 0 Å². The fourth-order valence-corrected chi connectivity index (χ4v) is 21.1. The number of fused-ring (bicyclic) bond motifs is 3. The summed E-state index contributed by atoms with van der Waals surface area (Å²) in [5, 5.41) is 1.68. The first-order valence-electron chi connectivity index (χ1n) is 20.5. The Morgan fingerprint density at radius 1 is 0.589 bits per heavy atom. The molecule has 0 aromatic heterocycles. The van der Waals surface area contributed by atoms with Gasteiger partial charge in [0.05, 0.1) is 0 Å². The Hall–Kier alpha value is -2.09. The van der Waals surface area contributed by atoms with Gasteiger partial charge in [-0.05, 0) is 0 Å². The minimum atomic E-state index is -3.08. The summed E-state index contributed by atoms with van der Waals surface area (Å²) in [6.45, 7) is 41.1. The predicted molar refractivity (Wildman–Crippen MR) is 239 cm³/mol. The normalized spacial score (nSPS) is 15.6. The molecule has 0 fully saturated rings. The summed E-state index contributed by atoms with van der Waals surface area (Å²) in [7, 11) is -1.59. The van der Waals surface area contributed by atoms with Gasteiger partial charge in [-0.2, -0.15) is 0 Å². The number of halogens is 2. The predicted octanol–water partition coefficient (Wildman–Crippen LogP) is 7.70. The van der Waals surface area contributed by atoms with Gasteiger partial charge in [-0.15, -0.1) is 0 Å². The summed E-state index contributed by atoms with van der Waals surface area (Å²) in [5.74, 6) is 0.429. The molecule has 0 aliphatic heterocycles. The second-order valence-corrected chi connectivity index (χ2v) is 32.3. The van der Waals surface area contributed by atoms with Crippen molar-refractivity contribution < 1.29 is 46.1 Å². The number of hydrogen-bond acceptors (Lipinski definition) is 0. The van der Waals surface area contributed by atoms with Crippen LogP contribution in [0.5, 0.6) is 0 Å². The van der Waals surface area contributed by atoms with Crippen LogP contribution < -0.4 is 28.1 Å². The first-order chi connectivity index (χ1) is 24.8. The van der Waals surface area contributed by atoms with Gasteiger partial charge in [0.15, 0.2) is 0 Å². The van der Waals surface area contributed by atoms with Crippen LogP contribution in [-0.2, 0) is 49.3 Å². The molecule has 0 saturated heterocycles. The van der Waals surface area contributed by atoms with Crippen molar-refractivity contribution >= 4 is 14.6 Å². The summed E-state index contributed by atoms with van der Waals surface area (Å²) >= 11 is -3.08. The zero-order valence-corrected chi connectivity index (χ0v) is 42.6. The molecule has 1 atom stereocenters. The molecule has 0 N–H and O–H groups in total. The molecule has 6 rings (SSSR count). The van der Waals surface area contributed by atoms with E-state index in [4.69, 9.17) is 0 Å². The van der Waals surface area contributed by atoms with Gasteiger partial charge >= 0.3 is 341 Å². The third-order valence-corrected chi connectivity index (χ3v) is 22.9. The van der Waals surface area contributed by atoms with Crippen molar-refractivity contribution in [1.82, 2.24) is 0 Å². The standard InChI is InChI=1S/C21H25.C21H26.C10H17Si.2ClH.Zr/c1-20(2,3)16-7-9-18-14(12-16)11-15-13-17(21(4,5)6)8-10-19(15)18;1-20(2,3)18-11-7-16(8-12-18)15-17-9-13-19(14-10-17)21(4,5)6;1-8-6-9(2)10(7-8)11(3,4)5;;;/h7-10,12H,11H2,1-6H3;7-14H,1-6H3;7-8H,1-5H3;2*1H;/q;;;;;+2/p-2. The van der Waals surface area contributed by atoms with Crippen molar-refractivity contribution in [2.24, 2.45) is 5.92 Å². The third-order valence-electron chi connectivity index (χ3n) is 12.1. The Kier molecular flexibility index (Phi) is 13.5. The molecule has 0 bridgehead atoms. The second kappa shape index (κ2) is 16.2. The van der Waals surface area contributed by atoms with Crippen molar-refractivity contribution in [2.45, 2.75) is 145 Å². The van der Waals surface area contributed by atoms with E-state index in [-0.39, 0.29) is 46.5 Å². The second-order valence-electron chi connectivity index (χ2n) is 21.6. The van der Waals surface area contributed by atoms with Gasteiger partial charge in [0.2, 0.25) is 0 Å². The van der Waals surface area contributed by atoms with E-state index >= 15 is 0 Å². The van der Waals surface area contributed by atoms with Gasteiger partial charge in [-0.25, -0.2) is 0 Å². The van der Waals surface area contributed by atoms with E-state index in [0.29, 0.717) is 5.92 Å². The maximum Gasteiger partial charge on any atom is -1.00 e. The molecule has 1 unspecified atom stereocenters. The Labute approximate surface area is 363 Å². The summed E-state index contributed by atoms with van der Waals surface area (Å²) in [4.78, 5) is 0. The van der Waals surface area contributed by atoms with Crippen LogP contribution in [0, 0.1) is 5.92 Å². The van der Waals surface area contributed by atoms with Crippen molar-refractivity contribution in [3.05, 3.63) is 143 Å². The van der Waals surface area contributed by atoms with Crippen LogP contribution in [-0.4, -0.2) is 11.3 Å². The smallest absolute Gasteiger partial charge is 1.00 e. The molecule has 0 amide bonds. The molecule has 4 heteroatoms. The third kappa shape index (κ3) is 9.05. The summed E-state index contributed by atoms with van der Waals surface area (Å²) in [6, 6.07) is 32.1. The molecule has 2 aliphatic carbocycles. The molecule has 0 nitrogen and oxygen atoms in total. The molecular formula is C52H68Cl2SiZr. The van der Waals surface area contributed by atoms with Gasteiger partial charge in [0, 0.05) is 0 Å². The maximum atomic E-state index is 2.70. The molecule has 0 spiro atoms. The Morgan fingerprint density at radius 2 is 1.04 bits per heavy atom. The summed E-state index contributed by atoms with van der Waals surface area (Å²) in [6.07, 6.45) is 3.72. The van der Waals surface area contributed by atoms with Crippen molar-refractivity contribution in [3.63, 3.8) is 0 Å². The topological polar surface area (TPSA) is 0 Å². The van der Waals surface area contributed by atoms with E-state index in [1.165, 1.54) is 44.5 Å². The molecule has 298 valence electrons. The maximum absolute atomic E-state index is 3.08. The largest absolute Gasteiger partial charge is 1.00 e. The Morgan fingerprint density at radius 3 is 1.45 bits per heavy atom. The number of rotatable bonds is 5. The summed E-state index contributed by atoms with van der Waals surface area (Å²) < 4.78 is 5.15. The quantitative estimate of drug-likeness (QED) is 0.159. The summed E-state index contributed by atoms with van der Waals surface area (Å²) in [5.41, 5.74) is 16.6. The van der Waals surface area contributed by atoms with Crippen molar-refractivity contribution in [3.8, 4) is 11.1 Å². The molecular weight excluding hydrogens is 815 g/mol. The molecule has 0 radical (unpaired) electrons. The average Bonchev–Trinajstić information content (AvgIpc) is 3.57.